The molecule has 112 valence electrons. The molecule has 0 spiro atoms. The van der Waals surface area contributed by atoms with E-state index in [9.17, 15) is 0 Å². The molecule has 0 aromatic heterocycles. The van der Waals surface area contributed by atoms with Crippen LogP contribution in [0.25, 0.3) is 0 Å². The van der Waals surface area contributed by atoms with Gasteiger partial charge < -0.3 is 14.8 Å². The third kappa shape index (κ3) is 5.76. The van der Waals surface area contributed by atoms with Gasteiger partial charge in [0, 0.05) is 24.4 Å². The monoisotopic (exact) mass is 305 g/mol. The molecule has 0 unspecified atom stereocenters. The smallest absolute Gasteiger partial charge is 0.0718 e. The largest absolute Gasteiger partial charge is 0.382 e. The Bertz CT molecular complexity index is 543. The number of nitrogens with one attached hydrogen (secondary N) is 1. The summed E-state index contributed by atoms with van der Waals surface area (Å²) in [7, 11) is 1.67. The Kier molecular flexibility index (Phi) is 6.54. The fourth-order valence-electron chi connectivity index (χ4n) is 1.91. The zero-order chi connectivity index (χ0) is 14.9. The molecule has 0 heterocycles. The molecule has 0 bridgehead atoms. The van der Waals surface area contributed by atoms with Gasteiger partial charge in [0.05, 0.1) is 19.8 Å². The van der Waals surface area contributed by atoms with E-state index in [1.807, 2.05) is 30.3 Å². The Morgan fingerprint density at radius 2 is 1.81 bits per heavy atom. The summed E-state index contributed by atoms with van der Waals surface area (Å²) in [5.41, 5.74) is 3.42. The van der Waals surface area contributed by atoms with Crippen LogP contribution in [0.15, 0.2) is 48.5 Å². The van der Waals surface area contributed by atoms with Crippen LogP contribution in [0.1, 0.15) is 11.1 Å². The zero-order valence-electron chi connectivity index (χ0n) is 12.1. The van der Waals surface area contributed by atoms with E-state index in [1.165, 1.54) is 5.56 Å². The van der Waals surface area contributed by atoms with Gasteiger partial charge in [-0.05, 0) is 35.4 Å². The quantitative estimate of drug-likeness (QED) is 0.744. The molecule has 3 nitrogen and oxygen atoms in total. The Morgan fingerprint density at radius 1 is 1.00 bits per heavy atom. The highest BCUT2D eigenvalue weighted by atomic mass is 35.5. The topological polar surface area (TPSA) is 30.5 Å². The Morgan fingerprint density at radius 3 is 2.57 bits per heavy atom. The van der Waals surface area contributed by atoms with Crippen LogP contribution in [0.2, 0.25) is 5.02 Å². The summed E-state index contributed by atoms with van der Waals surface area (Å²) < 4.78 is 10.5. The molecule has 0 aliphatic rings. The molecule has 0 radical (unpaired) electrons. The van der Waals surface area contributed by atoms with Gasteiger partial charge in [0.1, 0.15) is 0 Å². The predicted octanol–water partition coefficient (Wildman–Crippen LogP) is 4.12. The highest BCUT2D eigenvalue weighted by Crippen LogP contribution is 2.14. The van der Waals surface area contributed by atoms with Gasteiger partial charge in [-0.25, -0.2) is 0 Å². The third-order valence-electron chi connectivity index (χ3n) is 3.04. The number of halogens is 1. The van der Waals surface area contributed by atoms with Crippen molar-refractivity contribution >= 4 is 17.3 Å². The maximum atomic E-state index is 5.88. The molecule has 21 heavy (non-hydrogen) atoms. The minimum atomic E-state index is 0.597. The molecule has 0 saturated heterocycles. The second kappa shape index (κ2) is 8.67. The molecule has 0 amide bonds. The fraction of sp³-hybridized carbons (Fsp3) is 0.294. The lowest BCUT2D eigenvalue weighted by atomic mass is 10.2. The van der Waals surface area contributed by atoms with Gasteiger partial charge in [0.15, 0.2) is 0 Å². The van der Waals surface area contributed by atoms with Crippen LogP contribution in [-0.2, 0) is 22.6 Å². The number of benzene rings is 2. The summed E-state index contributed by atoms with van der Waals surface area (Å²) in [5, 5.41) is 4.16. The lowest BCUT2D eigenvalue weighted by molar-refractivity contribution is 0.0617. The van der Waals surface area contributed by atoms with E-state index in [2.05, 4.69) is 23.5 Å². The molecular weight excluding hydrogens is 286 g/mol. The normalized spacial score (nSPS) is 10.6. The summed E-state index contributed by atoms with van der Waals surface area (Å²) in [4.78, 5) is 0. The van der Waals surface area contributed by atoms with E-state index in [4.69, 9.17) is 21.1 Å². The van der Waals surface area contributed by atoms with Crippen LogP contribution in [0.3, 0.4) is 0 Å². The SMILES string of the molecule is COCCOCc1cccc(NCc2ccc(Cl)cc2)c1. The molecule has 0 aliphatic heterocycles. The van der Waals surface area contributed by atoms with E-state index in [1.54, 1.807) is 7.11 Å². The van der Waals surface area contributed by atoms with Crippen molar-refractivity contribution in [1.82, 2.24) is 0 Å². The molecule has 0 fully saturated rings. The summed E-state index contributed by atoms with van der Waals surface area (Å²) in [6.07, 6.45) is 0. The van der Waals surface area contributed by atoms with Crippen LogP contribution in [0.4, 0.5) is 5.69 Å². The van der Waals surface area contributed by atoms with Crippen molar-refractivity contribution in [3.63, 3.8) is 0 Å². The number of rotatable bonds is 8. The molecule has 0 atom stereocenters. The molecule has 4 heteroatoms. The molecular formula is C17H20ClNO2. The number of ether oxygens (including phenoxy) is 2. The van der Waals surface area contributed by atoms with Crippen molar-refractivity contribution in [1.29, 1.82) is 0 Å². The second-order valence-electron chi connectivity index (χ2n) is 4.73. The van der Waals surface area contributed by atoms with Crippen LogP contribution in [0.5, 0.6) is 0 Å². The van der Waals surface area contributed by atoms with Gasteiger partial charge in [0.2, 0.25) is 0 Å². The Hall–Kier alpha value is -1.55. The van der Waals surface area contributed by atoms with Crippen LogP contribution in [0, 0.1) is 0 Å². The van der Waals surface area contributed by atoms with Crippen molar-refractivity contribution in [3.05, 3.63) is 64.7 Å². The molecule has 0 saturated carbocycles. The summed E-state index contributed by atoms with van der Waals surface area (Å²) in [5.74, 6) is 0. The van der Waals surface area contributed by atoms with Crippen LogP contribution >= 0.6 is 11.6 Å². The lowest BCUT2D eigenvalue weighted by Gasteiger charge is -2.09. The summed E-state index contributed by atoms with van der Waals surface area (Å²) in [6.45, 7) is 2.60. The first-order chi connectivity index (χ1) is 10.3. The van der Waals surface area contributed by atoms with Crippen molar-refractivity contribution in [2.24, 2.45) is 0 Å². The molecule has 2 aromatic rings. The summed E-state index contributed by atoms with van der Waals surface area (Å²) >= 11 is 5.88. The van der Waals surface area contributed by atoms with Gasteiger partial charge >= 0.3 is 0 Å². The average molecular weight is 306 g/mol. The minimum Gasteiger partial charge on any atom is -0.382 e. The molecule has 0 aliphatic carbocycles. The van der Waals surface area contributed by atoms with E-state index >= 15 is 0 Å². The number of hydrogen-bond acceptors (Lipinski definition) is 3. The fourth-order valence-corrected chi connectivity index (χ4v) is 2.04. The number of anilines is 1. The minimum absolute atomic E-state index is 0.597. The maximum Gasteiger partial charge on any atom is 0.0718 e. The lowest BCUT2D eigenvalue weighted by Crippen LogP contribution is -2.03. The van der Waals surface area contributed by atoms with Gasteiger partial charge in [-0.1, -0.05) is 35.9 Å². The first kappa shape index (κ1) is 15.8. The zero-order valence-corrected chi connectivity index (χ0v) is 12.9. The van der Waals surface area contributed by atoms with Gasteiger partial charge in [-0.3, -0.25) is 0 Å². The predicted molar refractivity (Wildman–Crippen MR) is 86.8 cm³/mol. The van der Waals surface area contributed by atoms with E-state index < -0.39 is 0 Å². The molecule has 2 aromatic carbocycles. The third-order valence-corrected chi connectivity index (χ3v) is 3.29. The first-order valence-corrected chi connectivity index (χ1v) is 7.29. The standard InChI is InChI=1S/C17H20ClNO2/c1-20-9-10-21-13-15-3-2-4-17(11-15)19-12-14-5-7-16(18)8-6-14/h2-8,11,19H,9-10,12-13H2,1H3. The highest BCUT2D eigenvalue weighted by molar-refractivity contribution is 6.30. The van der Waals surface area contributed by atoms with Gasteiger partial charge in [-0.2, -0.15) is 0 Å². The van der Waals surface area contributed by atoms with Gasteiger partial charge in [-0.15, -0.1) is 0 Å². The number of hydrogen-bond donors (Lipinski definition) is 1. The Labute approximate surface area is 130 Å². The second-order valence-corrected chi connectivity index (χ2v) is 5.16. The van der Waals surface area contributed by atoms with Crippen molar-refractivity contribution in [2.45, 2.75) is 13.2 Å². The van der Waals surface area contributed by atoms with Gasteiger partial charge in [0.25, 0.3) is 0 Å². The molecule has 1 N–H and O–H groups in total. The van der Waals surface area contributed by atoms with Crippen molar-refractivity contribution in [2.75, 3.05) is 25.6 Å². The number of methoxy groups -OCH3 is 1. The first-order valence-electron chi connectivity index (χ1n) is 6.92. The highest BCUT2D eigenvalue weighted by Gasteiger charge is 1.98. The van der Waals surface area contributed by atoms with Crippen molar-refractivity contribution in [3.8, 4) is 0 Å². The van der Waals surface area contributed by atoms with Crippen molar-refractivity contribution < 1.29 is 9.47 Å². The maximum absolute atomic E-state index is 5.88. The molecule has 2 rings (SSSR count). The van der Waals surface area contributed by atoms with Crippen LogP contribution < -0.4 is 5.32 Å². The summed E-state index contributed by atoms with van der Waals surface area (Å²) in [6, 6.07) is 16.1. The average Bonchev–Trinajstić information content (AvgIpc) is 2.52. The van der Waals surface area contributed by atoms with E-state index in [0.717, 1.165) is 22.8 Å². The van der Waals surface area contributed by atoms with E-state index in [-0.39, 0.29) is 0 Å². The Balaban J connectivity index is 1.84. The van der Waals surface area contributed by atoms with E-state index in [0.29, 0.717) is 19.8 Å². The van der Waals surface area contributed by atoms with Crippen LogP contribution in [-0.4, -0.2) is 20.3 Å².